The zero-order valence-electron chi connectivity index (χ0n) is 10.9. The van der Waals surface area contributed by atoms with Crippen LogP contribution in [-0.4, -0.2) is 47.9 Å². The number of nitrogens with two attached hydrogens (primary N) is 1. The van der Waals surface area contributed by atoms with Gasteiger partial charge in [0.25, 0.3) is 0 Å². The van der Waals surface area contributed by atoms with Crippen molar-refractivity contribution in [1.82, 2.24) is 9.80 Å². The van der Waals surface area contributed by atoms with Crippen LogP contribution in [0.4, 0.5) is 4.79 Å². The van der Waals surface area contributed by atoms with Gasteiger partial charge in [0, 0.05) is 32.6 Å². The van der Waals surface area contributed by atoms with Crippen LogP contribution in [-0.2, 0) is 4.79 Å². The molecule has 0 bridgehead atoms. The van der Waals surface area contributed by atoms with Crippen LogP contribution in [0.2, 0.25) is 0 Å². The van der Waals surface area contributed by atoms with E-state index in [4.69, 9.17) is 5.73 Å². The molecular formula is C13H23N3O2. The highest BCUT2D eigenvalue weighted by molar-refractivity contribution is 5.75. The van der Waals surface area contributed by atoms with Crippen molar-refractivity contribution in [2.45, 2.75) is 38.5 Å². The summed E-state index contributed by atoms with van der Waals surface area (Å²) in [6.07, 6.45) is 5.77. The van der Waals surface area contributed by atoms with E-state index >= 15 is 0 Å². The zero-order chi connectivity index (χ0) is 13.0. The van der Waals surface area contributed by atoms with E-state index in [0.29, 0.717) is 12.3 Å². The van der Waals surface area contributed by atoms with Gasteiger partial charge in [-0.25, -0.2) is 4.79 Å². The molecule has 2 aliphatic heterocycles. The van der Waals surface area contributed by atoms with Crippen molar-refractivity contribution in [1.29, 1.82) is 0 Å². The van der Waals surface area contributed by atoms with Crippen molar-refractivity contribution in [2.24, 2.45) is 11.7 Å². The van der Waals surface area contributed by atoms with E-state index in [9.17, 15) is 9.59 Å². The molecule has 0 aromatic heterocycles. The zero-order valence-corrected chi connectivity index (χ0v) is 10.9. The Morgan fingerprint density at radius 2 is 1.50 bits per heavy atom. The average Bonchev–Trinajstić information content (AvgIpc) is 2.39. The third kappa shape index (κ3) is 3.37. The van der Waals surface area contributed by atoms with Gasteiger partial charge in [0.05, 0.1) is 0 Å². The Labute approximate surface area is 108 Å². The van der Waals surface area contributed by atoms with Gasteiger partial charge in [-0.05, 0) is 38.0 Å². The first-order valence-electron chi connectivity index (χ1n) is 6.99. The summed E-state index contributed by atoms with van der Waals surface area (Å²) in [6.45, 7) is 3.35. The number of amides is 3. The molecule has 0 aliphatic carbocycles. The normalized spacial score (nSPS) is 22.0. The second-order valence-electron chi connectivity index (χ2n) is 5.43. The Kier molecular flexibility index (Phi) is 4.44. The van der Waals surface area contributed by atoms with Gasteiger partial charge >= 0.3 is 6.03 Å². The van der Waals surface area contributed by atoms with Crippen LogP contribution in [0.5, 0.6) is 0 Å². The second kappa shape index (κ2) is 6.07. The minimum absolute atomic E-state index is 0.187. The number of likely N-dealkylation sites (tertiary alicyclic amines) is 2. The molecule has 0 unspecified atom stereocenters. The van der Waals surface area contributed by atoms with Crippen molar-refractivity contribution >= 4 is 11.9 Å². The van der Waals surface area contributed by atoms with E-state index in [0.717, 1.165) is 51.9 Å². The molecule has 3 amide bonds. The fourth-order valence-corrected chi connectivity index (χ4v) is 2.90. The number of primary amides is 1. The SMILES string of the molecule is NC(=O)CC1CCN(C(=O)N2CCCCC2)CC1. The van der Waals surface area contributed by atoms with E-state index in [-0.39, 0.29) is 11.9 Å². The first-order valence-corrected chi connectivity index (χ1v) is 6.99. The number of rotatable bonds is 2. The second-order valence-corrected chi connectivity index (χ2v) is 5.43. The lowest BCUT2D eigenvalue weighted by Gasteiger charge is -2.37. The maximum absolute atomic E-state index is 12.2. The summed E-state index contributed by atoms with van der Waals surface area (Å²) in [4.78, 5) is 27.0. The van der Waals surface area contributed by atoms with E-state index in [1.54, 1.807) is 0 Å². The molecule has 2 aliphatic rings. The van der Waals surface area contributed by atoms with Crippen LogP contribution >= 0.6 is 0 Å². The number of hydrogen-bond acceptors (Lipinski definition) is 2. The monoisotopic (exact) mass is 253 g/mol. The molecule has 0 saturated carbocycles. The average molecular weight is 253 g/mol. The molecule has 2 heterocycles. The molecule has 0 atom stereocenters. The van der Waals surface area contributed by atoms with Crippen LogP contribution in [0.15, 0.2) is 0 Å². The topological polar surface area (TPSA) is 66.6 Å². The maximum Gasteiger partial charge on any atom is 0.319 e. The first kappa shape index (κ1) is 13.2. The largest absolute Gasteiger partial charge is 0.370 e. The minimum Gasteiger partial charge on any atom is -0.370 e. The standard InChI is InChI=1S/C13H23N3O2/c14-12(17)10-11-4-8-16(9-5-11)13(18)15-6-2-1-3-7-15/h11H,1-10H2,(H2,14,17). The number of carbonyl (C=O) groups excluding carboxylic acids is 2. The van der Waals surface area contributed by atoms with Gasteiger partial charge in [0.2, 0.25) is 5.91 Å². The lowest BCUT2D eigenvalue weighted by atomic mass is 9.93. The third-order valence-electron chi connectivity index (χ3n) is 4.00. The smallest absolute Gasteiger partial charge is 0.319 e. The highest BCUT2D eigenvalue weighted by Gasteiger charge is 2.27. The predicted molar refractivity (Wildman–Crippen MR) is 68.9 cm³/mol. The maximum atomic E-state index is 12.2. The number of hydrogen-bond donors (Lipinski definition) is 1. The third-order valence-corrected chi connectivity index (χ3v) is 4.00. The van der Waals surface area contributed by atoms with Crippen LogP contribution < -0.4 is 5.73 Å². The highest BCUT2D eigenvalue weighted by Crippen LogP contribution is 2.22. The van der Waals surface area contributed by atoms with Crippen molar-refractivity contribution < 1.29 is 9.59 Å². The summed E-state index contributed by atoms with van der Waals surface area (Å²) in [5.41, 5.74) is 5.21. The van der Waals surface area contributed by atoms with Gasteiger partial charge < -0.3 is 15.5 Å². The Morgan fingerprint density at radius 1 is 0.944 bits per heavy atom. The fourth-order valence-electron chi connectivity index (χ4n) is 2.90. The van der Waals surface area contributed by atoms with Crippen molar-refractivity contribution in [3.8, 4) is 0 Å². The predicted octanol–water partition coefficient (Wildman–Crippen LogP) is 1.18. The molecule has 5 nitrogen and oxygen atoms in total. The molecule has 0 aromatic carbocycles. The Bertz CT molecular complexity index is 305. The number of carbonyl (C=O) groups is 2. The highest BCUT2D eigenvalue weighted by atomic mass is 16.2. The molecular weight excluding hydrogens is 230 g/mol. The van der Waals surface area contributed by atoms with Gasteiger partial charge in [0.15, 0.2) is 0 Å². The van der Waals surface area contributed by atoms with E-state index < -0.39 is 0 Å². The Balaban J connectivity index is 1.78. The van der Waals surface area contributed by atoms with Crippen LogP contribution in [0.3, 0.4) is 0 Å². The molecule has 0 spiro atoms. The molecule has 2 rings (SSSR count). The van der Waals surface area contributed by atoms with Crippen LogP contribution in [0.25, 0.3) is 0 Å². The minimum atomic E-state index is -0.226. The van der Waals surface area contributed by atoms with Gasteiger partial charge in [0.1, 0.15) is 0 Å². The van der Waals surface area contributed by atoms with Gasteiger partial charge in [-0.2, -0.15) is 0 Å². The van der Waals surface area contributed by atoms with E-state index in [2.05, 4.69) is 0 Å². The molecule has 102 valence electrons. The first-order chi connectivity index (χ1) is 8.66. The summed E-state index contributed by atoms with van der Waals surface area (Å²) in [6, 6.07) is 0.187. The number of piperidine rings is 2. The quantitative estimate of drug-likeness (QED) is 0.803. The summed E-state index contributed by atoms with van der Waals surface area (Å²) in [7, 11) is 0. The molecule has 5 heteroatoms. The Hall–Kier alpha value is -1.26. The van der Waals surface area contributed by atoms with Gasteiger partial charge in [-0.3, -0.25) is 4.79 Å². The number of urea groups is 1. The fraction of sp³-hybridized carbons (Fsp3) is 0.846. The van der Waals surface area contributed by atoms with Crippen LogP contribution in [0, 0.1) is 5.92 Å². The summed E-state index contributed by atoms with van der Waals surface area (Å²) >= 11 is 0. The van der Waals surface area contributed by atoms with E-state index in [1.807, 2.05) is 9.80 Å². The molecule has 0 aromatic rings. The molecule has 2 N–H and O–H groups in total. The summed E-state index contributed by atoms with van der Waals surface area (Å²) in [5.74, 6) is 0.142. The van der Waals surface area contributed by atoms with Crippen molar-refractivity contribution in [3.05, 3.63) is 0 Å². The van der Waals surface area contributed by atoms with Crippen LogP contribution in [0.1, 0.15) is 38.5 Å². The van der Waals surface area contributed by atoms with Gasteiger partial charge in [-0.15, -0.1) is 0 Å². The molecule has 18 heavy (non-hydrogen) atoms. The molecule has 2 fully saturated rings. The number of nitrogens with zero attached hydrogens (tertiary/aromatic N) is 2. The van der Waals surface area contributed by atoms with Gasteiger partial charge in [-0.1, -0.05) is 0 Å². The Morgan fingerprint density at radius 3 is 2.06 bits per heavy atom. The van der Waals surface area contributed by atoms with Crippen molar-refractivity contribution in [3.63, 3.8) is 0 Å². The van der Waals surface area contributed by atoms with E-state index in [1.165, 1.54) is 6.42 Å². The molecule has 2 saturated heterocycles. The molecule has 0 radical (unpaired) electrons. The summed E-state index contributed by atoms with van der Waals surface area (Å²) in [5, 5.41) is 0. The van der Waals surface area contributed by atoms with Crippen molar-refractivity contribution in [2.75, 3.05) is 26.2 Å². The lowest BCUT2D eigenvalue weighted by molar-refractivity contribution is -0.119. The summed E-state index contributed by atoms with van der Waals surface area (Å²) < 4.78 is 0. The lowest BCUT2D eigenvalue weighted by Crippen LogP contribution is -2.48.